The van der Waals surface area contributed by atoms with Crippen LogP contribution in [0.5, 0.6) is 11.5 Å². The molecular weight excluding hydrogens is 316 g/mol. The number of hydrogen-bond acceptors (Lipinski definition) is 2. The number of aromatic nitrogens is 2. The molecule has 2 aromatic rings. The summed E-state index contributed by atoms with van der Waals surface area (Å²) in [6, 6.07) is 6.04. The minimum atomic E-state index is 0.314. The van der Waals surface area contributed by atoms with Crippen LogP contribution in [0.25, 0.3) is 0 Å². The Bertz CT molecular complexity index is 540. The lowest BCUT2D eigenvalue weighted by atomic mass is 10.2. The predicted molar refractivity (Wildman–Crippen MR) is 76.8 cm³/mol. The van der Waals surface area contributed by atoms with Crippen molar-refractivity contribution in [3.05, 3.63) is 41.2 Å². The summed E-state index contributed by atoms with van der Waals surface area (Å²) in [7, 11) is 0. The van der Waals surface area contributed by atoms with E-state index in [2.05, 4.69) is 34.9 Å². The van der Waals surface area contributed by atoms with Crippen molar-refractivity contribution in [2.24, 2.45) is 0 Å². The Hall–Kier alpha value is -1.00. The maximum atomic E-state index is 6.15. The highest BCUT2D eigenvalue weighted by molar-refractivity contribution is 9.08. The summed E-state index contributed by atoms with van der Waals surface area (Å²) in [5.41, 5.74) is 1.12. The van der Waals surface area contributed by atoms with Crippen LogP contribution in [0, 0.1) is 0 Å². The third-order valence-electron chi connectivity index (χ3n) is 2.49. The number of rotatable bonds is 4. The van der Waals surface area contributed by atoms with Crippen LogP contribution in [0.15, 0.2) is 30.6 Å². The number of nitrogens with zero attached hydrogens (tertiary/aromatic N) is 2. The second-order valence-corrected chi connectivity index (χ2v) is 5.22. The van der Waals surface area contributed by atoms with Crippen molar-refractivity contribution >= 4 is 27.5 Å². The average Bonchev–Trinajstić information content (AvgIpc) is 2.80. The van der Waals surface area contributed by atoms with Crippen LogP contribution in [-0.2, 0) is 5.33 Å². The second kappa shape index (κ2) is 5.76. The van der Waals surface area contributed by atoms with Gasteiger partial charge >= 0.3 is 0 Å². The highest BCUT2D eigenvalue weighted by Crippen LogP contribution is 2.30. The molecule has 1 heterocycles. The van der Waals surface area contributed by atoms with E-state index in [1.165, 1.54) is 0 Å². The Kier molecular flexibility index (Phi) is 4.30. The first-order chi connectivity index (χ1) is 8.60. The van der Waals surface area contributed by atoms with Gasteiger partial charge in [0.15, 0.2) is 5.75 Å². The van der Waals surface area contributed by atoms with Crippen LogP contribution in [0.4, 0.5) is 0 Å². The van der Waals surface area contributed by atoms with E-state index in [-0.39, 0.29) is 0 Å². The fourth-order valence-electron chi connectivity index (χ4n) is 1.49. The van der Waals surface area contributed by atoms with Crippen molar-refractivity contribution in [1.29, 1.82) is 0 Å². The first-order valence-electron chi connectivity index (χ1n) is 5.66. The van der Waals surface area contributed by atoms with Crippen LogP contribution in [0.2, 0.25) is 5.02 Å². The molecule has 0 spiro atoms. The number of benzene rings is 1. The molecule has 0 saturated heterocycles. The van der Waals surface area contributed by atoms with Crippen molar-refractivity contribution < 1.29 is 4.74 Å². The predicted octanol–water partition coefficient (Wildman–Crippen LogP) is 4.80. The molecule has 3 nitrogen and oxygen atoms in total. The van der Waals surface area contributed by atoms with Crippen molar-refractivity contribution in [3.8, 4) is 11.5 Å². The molecule has 18 heavy (non-hydrogen) atoms. The lowest BCUT2D eigenvalue weighted by Gasteiger charge is -2.07. The van der Waals surface area contributed by atoms with E-state index in [1.807, 2.05) is 29.1 Å². The van der Waals surface area contributed by atoms with Gasteiger partial charge in [0.25, 0.3) is 0 Å². The summed E-state index contributed by atoms with van der Waals surface area (Å²) in [6.45, 7) is 4.13. The third-order valence-corrected chi connectivity index (χ3v) is 3.43. The normalized spacial score (nSPS) is 10.9. The van der Waals surface area contributed by atoms with Gasteiger partial charge in [-0.1, -0.05) is 33.6 Å². The molecule has 0 N–H and O–H groups in total. The smallest absolute Gasteiger partial charge is 0.165 e. The van der Waals surface area contributed by atoms with Gasteiger partial charge in [-0.2, -0.15) is 5.10 Å². The van der Waals surface area contributed by atoms with Crippen LogP contribution in [-0.4, -0.2) is 9.78 Å². The van der Waals surface area contributed by atoms with Crippen LogP contribution in [0.1, 0.15) is 25.5 Å². The quantitative estimate of drug-likeness (QED) is 0.753. The minimum Gasteiger partial charge on any atom is -0.452 e. The molecule has 96 valence electrons. The van der Waals surface area contributed by atoms with Gasteiger partial charge in [-0.15, -0.1) is 0 Å². The van der Waals surface area contributed by atoms with Gasteiger partial charge in [0.05, 0.1) is 17.4 Å². The molecule has 0 aliphatic carbocycles. The Balaban J connectivity index is 2.17. The first kappa shape index (κ1) is 13.4. The van der Waals surface area contributed by atoms with Crippen molar-refractivity contribution in [2.75, 3.05) is 0 Å². The molecule has 0 radical (unpaired) electrons. The fraction of sp³-hybridized carbons (Fsp3) is 0.308. The Morgan fingerprint density at radius 3 is 2.78 bits per heavy atom. The van der Waals surface area contributed by atoms with Gasteiger partial charge in [-0.05, 0) is 31.5 Å². The molecular formula is C13H14BrClN2O. The molecule has 0 saturated carbocycles. The molecule has 0 bridgehead atoms. The van der Waals surface area contributed by atoms with E-state index >= 15 is 0 Å². The van der Waals surface area contributed by atoms with Crippen LogP contribution >= 0.6 is 27.5 Å². The topological polar surface area (TPSA) is 27.1 Å². The minimum absolute atomic E-state index is 0.314. The average molecular weight is 330 g/mol. The number of ether oxygens (including phenoxy) is 1. The monoisotopic (exact) mass is 328 g/mol. The Labute approximate surface area is 120 Å². The van der Waals surface area contributed by atoms with Crippen molar-refractivity contribution in [3.63, 3.8) is 0 Å². The second-order valence-electron chi connectivity index (χ2n) is 4.25. The van der Waals surface area contributed by atoms with Crippen LogP contribution < -0.4 is 4.74 Å². The van der Waals surface area contributed by atoms with E-state index in [9.17, 15) is 0 Å². The highest BCUT2D eigenvalue weighted by Gasteiger charge is 2.07. The number of alkyl halides is 1. The third kappa shape index (κ3) is 3.06. The lowest BCUT2D eigenvalue weighted by molar-refractivity contribution is 0.477. The first-order valence-corrected chi connectivity index (χ1v) is 7.16. The highest BCUT2D eigenvalue weighted by atomic mass is 79.9. The standard InChI is InChI=1S/C13H14BrClN2O/c1-9(2)17-8-11(7-16-17)18-13-4-3-10(6-14)5-12(13)15/h3-5,7-9H,6H2,1-2H3. The molecule has 0 amide bonds. The van der Waals surface area contributed by atoms with Gasteiger partial charge in [0.2, 0.25) is 0 Å². The molecule has 1 aromatic heterocycles. The summed E-state index contributed by atoms with van der Waals surface area (Å²) >= 11 is 9.54. The SMILES string of the molecule is CC(C)n1cc(Oc2ccc(CBr)cc2Cl)cn1. The van der Waals surface area contributed by atoms with Gasteiger partial charge in [0.1, 0.15) is 5.75 Å². The zero-order valence-electron chi connectivity index (χ0n) is 10.2. The number of halogens is 2. The molecule has 0 unspecified atom stereocenters. The van der Waals surface area contributed by atoms with E-state index in [0.29, 0.717) is 22.6 Å². The molecule has 0 atom stereocenters. The summed E-state index contributed by atoms with van der Waals surface area (Å²) < 4.78 is 7.55. The van der Waals surface area contributed by atoms with Gasteiger partial charge in [-0.3, -0.25) is 4.68 Å². The zero-order valence-corrected chi connectivity index (χ0v) is 12.6. The molecule has 0 fully saturated rings. The van der Waals surface area contributed by atoms with Gasteiger partial charge in [-0.25, -0.2) is 0 Å². The molecule has 0 aliphatic heterocycles. The molecule has 2 rings (SSSR count). The Morgan fingerprint density at radius 1 is 1.44 bits per heavy atom. The number of hydrogen-bond donors (Lipinski definition) is 0. The van der Waals surface area contributed by atoms with E-state index < -0.39 is 0 Å². The summed E-state index contributed by atoms with van der Waals surface area (Å²) in [5, 5.41) is 5.59. The summed E-state index contributed by atoms with van der Waals surface area (Å²) in [6.07, 6.45) is 3.55. The largest absolute Gasteiger partial charge is 0.452 e. The van der Waals surface area contributed by atoms with Crippen molar-refractivity contribution in [1.82, 2.24) is 9.78 Å². The van der Waals surface area contributed by atoms with Gasteiger partial charge < -0.3 is 4.74 Å². The fourth-order valence-corrected chi connectivity index (χ4v) is 2.08. The summed E-state index contributed by atoms with van der Waals surface area (Å²) in [4.78, 5) is 0. The zero-order chi connectivity index (χ0) is 13.1. The summed E-state index contributed by atoms with van der Waals surface area (Å²) in [5.74, 6) is 1.34. The van der Waals surface area contributed by atoms with E-state index in [4.69, 9.17) is 16.3 Å². The van der Waals surface area contributed by atoms with Crippen molar-refractivity contribution in [2.45, 2.75) is 25.2 Å². The van der Waals surface area contributed by atoms with E-state index in [1.54, 1.807) is 6.20 Å². The molecule has 0 aliphatic rings. The molecule has 1 aromatic carbocycles. The van der Waals surface area contributed by atoms with Gasteiger partial charge in [0, 0.05) is 11.4 Å². The van der Waals surface area contributed by atoms with Crippen LogP contribution in [0.3, 0.4) is 0 Å². The molecule has 5 heteroatoms. The lowest BCUT2D eigenvalue weighted by Crippen LogP contribution is -1.99. The Morgan fingerprint density at radius 2 is 2.22 bits per heavy atom. The maximum Gasteiger partial charge on any atom is 0.165 e. The van der Waals surface area contributed by atoms with E-state index in [0.717, 1.165) is 10.9 Å². The maximum absolute atomic E-state index is 6.15.